The molecule has 6 nitrogen and oxygen atoms in total. The Balaban J connectivity index is 1.90. The molecule has 0 aliphatic carbocycles. The quantitative estimate of drug-likeness (QED) is 0.594. The van der Waals surface area contributed by atoms with Crippen LogP contribution in [0, 0.1) is 0 Å². The highest BCUT2D eigenvalue weighted by Gasteiger charge is 2.20. The largest absolute Gasteiger partial charge is 0.506 e. The van der Waals surface area contributed by atoms with E-state index in [-0.39, 0.29) is 17.2 Å². The van der Waals surface area contributed by atoms with E-state index in [2.05, 4.69) is 15.1 Å². The molecule has 2 aromatic carbocycles. The van der Waals surface area contributed by atoms with Gasteiger partial charge in [0.1, 0.15) is 11.3 Å². The number of benzene rings is 2. The van der Waals surface area contributed by atoms with E-state index in [1.807, 2.05) is 30.3 Å². The number of rotatable bonds is 2. The lowest BCUT2D eigenvalue weighted by molar-refractivity contribution is 0.426. The van der Waals surface area contributed by atoms with Crippen LogP contribution in [-0.2, 0) is 0 Å². The lowest BCUT2D eigenvalue weighted by atomic mass is 10.1. The second-order valence-corrected chi connectivity index (χ2v) is 5.01. The van der Waals surface area contributed by atoms with Gasteiger partial charge in [-0.25, -0.2) is 0 Å². The van der Waals surface area contributed by atoms with Crippen molar-refractivity contribution in [1.82, 2.24) is 15.1 Å². The Morgan fingerprint density at radius 2 is 1.74 bits per heavy atom. The maximum atomic E-state index is 12.3. The van der Waals surface area contributed by atoms with E-state index in [4.69, 9.17) is 4.52 Å². The van der Waals surface area contributed by atoms with Gasteiger partial charge in [0.25, 0.3) is 11.4 Å². The Hall–Kier alpha value is -3.41. The lowest BCUT2D eigenvalue weighted by Gasteiger charge is -2.03. The SMILES string of the molecule is O=c1[nH]c2ccccc2c(O)c1-c1nc(-c2ccccc2)no1. The molecular weight excluding hydrogens is 294 g/mol. The number of nitrogens with zero attached hydrogens (tertiary/aromatic N) is 2. The van der Waals surface area contributed by atoms with Crippen LogP contribution in [0.4, 0.5) is 0 Å². The van der Waals surface area contributed by atoms with E-state index in [9.17, 15) is 9.90 Å². The fourth-order valence-electron chi connectivity index (χ4n) is 2.45. The van der Waals surface area contributed by atoms with Crippen LogP contribution in [0.5, 0.6) is 5.75 Å². The fraction of sp³-hybridized carbons (Fsp3) is 0. The van der Waals surface area contributed by atoms with Gasteiger partial charge in [0, 0.05) is 10.9 Å². The van der Waals surface area contributed by atoms with Crippen LogP contribution in [0.15, 0.2) is 63.9 Å². The highest BCUT2D eigenvalue weighted by molar-refractivity contribution is 5.90. The van der Waals surface area contributed by atoms with Gasteiger partial charge in [-0.2, -0.15) is 4.98 Å². The summed E-state index contributed by atoms with van der Waals surface area (Å²) in [5.74, 6) is 0.161. The number of fused-ring (bicyclic) bond motifs is 1. The van der Waals surface area contributed by atoms with Gasteiger partial charge < -0.3 is 14.6 Å². The maximum absolute atomic E-state index is 12.3. The first-order chi connectivity index (χ1) is 11.2. The molecule has 2 aromatic heterocycles. The van der Waals surface area contributed by atoms with Crippen LogP contribution >= 0.6 is 0 Å². The van der Waals surface area contributed by atoms with Crippen molar-refractivity contribution in [1.29, 1.82) is 0 Å². The van der Waals surface area contributed by atoms with Crippen molar-refractivity contribution >= 4 is 10.9 Å². The highest BCUT2D eigenvalue weighted by atomic mass is 16.5. The van der Waals surface area contributed by atoms with Crippen LogP contribution in [0.1, 0.15) is 0 Å². The Bertz CT molecular complexity index is 1050. The van der Waals surface area contributed by atoms with Crippen molar-refractivity contribution in [3.05, 3.63) is 65.0 Å². The molecule has 0 saturated carbocycles. The molecule has 2 heterocycles. The predicted molar refractivity (Wildman–Crippen MR) is 85.0 cm³/mol. The number of hydrogen-bond acceptors (Lipinski definition) is 5. The summed E-state index contributed by atoms with van der Waals surface area (Å²) in [6.45, 7) is 0. The minimum Gasteiger partial charge on any atom is -0.506 e. The van der Waals surface area contributed by atoms with Crippen molar-refractivity contribution < 1.29 is 9.63 Å². The summed E-state index contributed by atoms with van der Waals surface area (Å²) in [5.41, 5.74) is 0.795. The number of hydrogen-bond donors (Lipinski definition) is 2. The second kappa shape index (κ2) is 5.10. The summed E-state index contributed by atoms with van der Waals surface area (Å²) >= 11 is 0. The van der Waals surface area contributed by atoms with Crippen molar-refractivity contribution in [2.45, 2.75) is 0 Å². The zero-order valence-corrected chi connectivity index (χ0v) is 11.9. The van der Waals surface area contributed by atoms with Crippen LogP contribution in [0.25, 0.3) is 33.7 Å². The maximum Gasteiger partial charge on any atom is 0.267 e. The highest BCUT2D eigenvalue weighted by Crippen LogP contribution is 2.31. The van der Waals surface area contributed by atoms with E-state index in [1.165, 1.54) is 0 Å². The Labute approximate surface area is 130 Å². The van der Waals surface area contributed by atoms with E-state index >= 15 is 0 Å². The van der Waals surface area contributed by atoms with Crippen LogP contribution in [-0.4, -0.2) is 20.2 Å². The van der Waals surface area contributed by atoms with Gasteiger partial charge in [-0.05, 0) is 12.1 Å². The lowest BCUT2D eigenvalue weighted by Crippen LogP contribution is -2.09. The summed E-state index contributed by atoms with van der Waals surface area (Å²) in [6, 6.07) is 16.2. The smallest absolute Gasteiger partial charge is 0.267 e. The molecule has 4 aromatic rings. The normalized spacial score (nSPS) is 11.0. The van der Waals surface area contributed by atoms with Gasteiger partial charge in [-0.15, -0.1) is 0 Å². The summed E-state index contributed by atoms with van der Waals surface area (Å²) in [4.78, 5) is 19.2. The summed E-state index contributed by atoms with van der Waals surface area (Å²) in [5, 5.41) is 14.8. The standard InChI is InChI=1S/C17H11N3O3/c21-14-11-8-4-5-9-12(11)18-16(22)13(14)17-19-15(20-23-17)10-6-2-1-3-7-10/h1-9H,(H2,18,21,22). The molecule has 0 unspecified atom stereocenters. The molecule has 23 heavy (non-hydrogen) atoms. The molecule has 6 heteroatoms. The van der Waals surface area contributed by atoms with Crippen molar-refractivity contribution in [3.63, 3.8) is 0 Å². The molecule has 0 atom stereocenters. The van der Waals surface area contributed by atoms with Crippen LogP contribution in [0.3, 0.4) is 0 Å². The molecule has 2 N–H and O–H groups in total. The first kappa shape index (κ1) is 13.3. The Morgan fingerprint density at radius 1 is 1.00 bits per heavy atom. The first-order valence-corrected chi connectivity index (χ1v) is 6.97. The fourth-order valence-corrected chi connectivity index (χ4v) is 2.45. The third-order valence-corrected chi connectivity index (χ3v) is 3.57. The molecule has 0 amide bonds. The molecule has 0 saturated heterocycles. The van der Waals surface area contributed by atoms with E-state index in [0.29, 0.717) is 16.7 Å². The molecule has 0 radical (unpaired) electrons. The average molecular weight is 305 g/mol. The summed E-state index contributed by atoms with van der Waals surface area (Å²) in [7, 11) is 0. The number of aromatic amines is 1. The zero-order valence-electron chi connectivity index (χ0n) is 11.9. The van der Waals surface area contributed by atoms with Gasteiger partial charge in [0.15, 0.2) is 0 Å². The monoisotopic (exact) mass is 305 g/mol. The number of para-hydroxylation sites is 1. The van der Waals surface area contributed by atoms with Crippen LogP contribution in [0.2, 0.25) is 0 Å². The van der Waals surface area contributed by atoms with Crippen molar-refractivity contribution in [3.8, 4) is 28.6 Å². The molecule has 0 aliphatic heterocycles. The average Bonchev–Trinajstić information content (AvgIpc) is 3.05. The minimum absolute atomic E-state index is 0.0200. The third kappa shape index (κ3) is 2.17. The molecule has 0 aliphatic rings. The van der Waals surface area contributed by atoms with E-state index < -0.39 is 5.56 Å². The molecule has 0 spiro atoms. The molecular formula is C17H11N3O3. The summed E-state index contributed by atoms with van der Waals surface area (Å²) in [6.07, 6.45) is 0. The van der Waals surface area contributed by atoms with Gasteiger partial charge >= 0.3 is 0 Å². The Kier molecular flexibility index (Phi) is 2.94. The topological polar surface area (TPSA) is 92.0 Å². The number of H-pyrrole nitrogens is 1. The van der Waals surface area contributed by atoms with Gasteiger partial charge in [0.05, 0.1) is 5.52 Å². The van der Waals surface area contributed by atoms with Crippen LogP contribution < -0.4 is 5.56 Å². The number of aromatic nitrogens is 3. The number of pyridine rings is 1. The number of aromatic hydroxyl groups is 1. The van der Waals surface area contributed by atoms with E-state index in [1.54, 1.807) is 24.3 Å². The molecule has 4 rings (SSSR count). The third-order valence-electron chi connectivity index (χ3n) is 3.57. The number of nitrogens with one attached hydrogen (secondary N) is 1. The zero-order chi connectivity index (χ0) is 15.8. The Morgan fingerprint density at radius 3 is 2.57 bits per heavy atom. The van der Waals surface area contributed by atoms with Gasteiger partial charge in [0.2, 0.25) is 5.82 Å². The molecule has 0 fully saturated rings. The van der Waals surface area contributed by atoms with Crippen molar-refractivity contribution in [2.75, 3.05) is 0 Å². The summed E-state index contributed by atoms with van der Waals surface area (Å²) < 4.78 is 5.17. The van der Waals surface area contributed by atoms with Crippen molar-refractivity contribution in [2.24, 2.45) is 0 Å². The van der Waals surface area contributed by atoms with E-state index in [0.717, 1.165) is 5.56 Å². The predicted octanol–water partition coefficient (Wildman–Crippen LogP) is 2.95. The van der Waals surface area contributed by atoms with Gasteiger partial charge in [-0.1, -0.05) is 47.6 Å². The second-order valence-electron chi connectivity index (χ2n) is 5.01. The molecule has 0 bridgehead atoms. The van der Waals surface area contributed by atoms with Gasteiger partial charge in [-0.3, -0.25) is 4.79 Å². The minimum atomic E-state index is -0.482. The first-order valence-electron chi connectivity index (χ1n) is 6.97. The molecule has 112 valence electrons.